The monoisotopic (exact) mass is 464 g/mol. The van der Waals surface area contributed by atoms with E-state index in [1.165, 1.54) is 14.2 Å². The Balaban J connectivity index is 1.53. The molecule has 0 aromatic heterocycles. The van der Waals surface area contributed by atoms with E-state index < -0.39 is 24.0 Å². The van der Waals surface area contributed by atoms with E-state index in [1.54, 1.807) is 48.5 Å². The predicted molar refractivity (Wildman–Crippen MR) is 126 cm³/mol. The summed E-state index contributed by atoms with van der Waals surface area (Å²) < 4.78 is 21.0. The summed E-state index contributed by atoms with van der Waals surface area (Å²) in [6, 6.07) is 20.3. The van der Waals surface area contributed by atoms with Crippen molar-refractivity contribution >= 4 is 11.9 Å². The van der Waals surface area contributed by atoms with Gasteiger partial charge in [0.2, 0.25) is 0 Å². The van der Waals surface area contributed by atoms with Crippen molar-refractivity contribution in [3.05, 3.63) is 95.1 Å². The molecule has 8 nitrogen and oxygen atoms in total. The molecular formula is C26H28N2O6. The van der Waals surface area contributed by atoms with Gasteiger partial charge in [-0.1, -0.05) is 42.5 Å². The number of ether oxygens (including phenoxy) is 4. The van der Waals surface area contributed by atoms with Crippen molar-refractivity contribution in [1.82, 2.24) is 0 Å². The third-order valence-corrected chi connectivity index (χ3v) is 5.19. The van der Waals surface area contributed by atoms with Crippen LogP contribution in [0.4, 0.5) is 0 Å². The van der Waals surface area contributed by atoms with E-state index in [0.717, 1.165) is 11.1 Å². The van der Waals surface area contributed by atoms with Crippen molar-refractivity contribution in [3.8, 4) is 11.5 Å². The van der Waals surface area contributed by atoms with E-state index in [4.69, 9.17) is 20.9 Å². The number of nitrogens with two attached hydrogens (primary N) is 2. The normalized spacial score (nSPS) is 12.4. The Kier molecular flexibility index (Phi) is 8.61. The maximum absolute atomic E-state index is 11.6. The highest BCUT2D eigenvalue weighted by Gasteiger charge is 2.16. The summed E-state index contributed by atoms with van der Waals surface area (Å²) >= 11 is 0. The SMILES string of the molecule is COC(=O)C(N)c1ccc(OCc2cccc(COc3ccc(C(N)C(=O)OC)cc3)c2)cc1. The molecule has 3 rings (SSSR count). The number of esters is 2. The van der Waals surface area contributed by atoms with Gasteiger partial charge in [0.25, 0.3) is 0 Å². The highest BCUT2D eigenvalue weighted by molar-refractivity contribution is 5.77. The van der Waals surface area contributed by atoms with Gasteiger partial charge in [-0.3, -0.25) is 9.59 Å². The first-order valence-electron chi connectivity index (χ1n) is 10.6. The molecule has 0 aliphatic rings. The summed E-state index contributed by atoms with van der Waals surface area (Å²) in [6.45, 7) is 0.743. The predicted octanol–water partition coefficient (Wildman–Crippen LogP) is 3.19. The molecule has 0 heterocycles. The van der Waals surface area contributed by atoms with Crippen molar-refractivity contribution in [2.45, 2.75) is 25.3 Å². The zero-order valence-electron chi connectivity index (χ0n) is 19.1. The van der Waals surface area contributed by atoms with Gasteiger partial charge in [-0.25, -0.2) is 0 Å². The lowest BCUT2D eigenvalue weighted by molar-refractivity contribution is -0.143. The molecular weight excluding hydrogens is 436 g/mol. The minimum atomic E-state index is -0.823. The van der Waals surface area contributed by atoms with Crippen LogP contribution in [0, 0.1) is 0 Å². The van der Waals surface area contributed by atoms with Crippen LogP contribution in [0.2, 0.25) is 0 Å². The fourth-order valence-electron chi connectivity index (χ4n) is 3.21. The summed E-state index contributed by atoms with van der Waals surface area (Å²) in [4.78, 5) is 23.1. The highest BCUT2D eigenvalue weighted by atomic mass is 16.5. The number of carbonyl (C=O) groups excluding carboxylic acids is 2. The molecule has 2 atom stereocenters. The summed E-state index contributed by atoms with van der Waals surface area (Å²) in [6.07, 6.45) is 0. The average Bonchev–Trinajstić information content (AvgIpc) is 2.89. The number of carbonyl (C=O) groups is 2. The van der Waals surface area contributed by atoms with Crippen molar-refractivity contribution in [3.63, 3.8) is 0 Å². The first-order chi connectivity index (χ1) is 16.4. The van der Waals surface area contributed by atoms with Crippen molar-refractivity contribution in [2.24, 2.45) is 11.5 Å². The van der Waals surface area contributed by atoms with Crippen molar-refractivity contribution in [2.75, 3.05) is 14.2 Å². The topological polar surface area (TPSA) is 123 Å². The zero-order chi connectivity index (χ0) is 24.5. The van der Waals surface area contributed by atoms with Crippen LogP contribution in [0.15, 0.2) is 72.8 Å². The van der Waals surface area contributed by atoms with Crippen LogP contribution in [0.1, 0.15) is 34.3 Å². The third-order valence-electron chi connectivity index (χ3n) is 5.19. The zero-order valence-corrected chi connectivity index (χ0v) is 19.1. The Bertz CT molecular complexity index is 1010. The molecule has 178 valence electrons. The lowest BCUT2D eigenvalue weighted by Crippen LogP contribution is -2.22. The van der Waals surface area contributed by atoms with Gasteiger partial charge in [0.15, 0.2) is 0 Å². The van der Waals surface area contributed by atoms with Gasteiger partial charge in [-0.2, -0.15) is 0 Å². The highest BCUT2D eigenvalue weighted by Crippen LogP contribution is 2.20. The number of hydrogen-bond donors (Lipinski definition) is 2. The van der Waals surface area contributed by atoms with Crippen LogP contribution in [-0.2, 0) is 32.3 Å². The van der Waals surface area contributed by atoms with E-state index in [9.17, 15) is 9.59 Å². The molecule has 34 heavy (non-hydrogen) atoms. The summed E-state index contributed by atoms with van der Waals surface area (Å²) in [5.74, 6) is 0.335. The Morgan fingerprint density at radius 3 is 1.41 bits per heavy atom. The maximum Gasteiger partial charge on any atom is 0.327 e. The van der Waals surface area contributed by atoms with Crippen LogP contribution in [0.25, 0.3) is 0 Å². The van der Waals surface area contributed by atoms with E-state index >= 15 is 0 Å². The van der Waals surface area contributed by atoms with Gasteiger partial charge < -0.3 is 30.4 Å². The second-order valence-corrected chi connectivity index (χ2v) is 7.54. The Hall–Kier alpha value is -3.88. The standard InChI is InChI=1S/C26H28N2O6/c1-31-25(29)23(27)19-6-10-21(11-7-19)33-15-17-4-3-5-18(14-17)16-34-22-12-8-20(9-13-22)24(28)26(30)32-2/h3-14,23-24H,15-16,27-28H2,1-2H3. The fraction of sp³-hybridized carbons (Fsp3) is 0.231. The lowest BCUT2D eigenvalue weighted by Gasteiger charge is -2.12. The number of hydrogen-bond acceptors (Lipinski definition) is 8. The number of benzene rings is 3. The molecule has 0 saturated carbocycles. The first kappa shape index (κ1) is 24.8. The van der Waals surface area contributed by atoms with E-state index in [2.05, 4.69) is 9.47 Å². The molecule has 0 fully saturated rings. The molecule has 0 saturated heterocycles. The van der Waals surface area contributed by atoms with E-state index in [0.29, 0.717) is 35.8 Å². The first-order valence-corrected chi connectivity index (χ1v) is 10.6. The summed E-state index contributed by atoms with van der Waals surface area (Å²) in [5.41, 5.74) is 14.9. The van der Waals surface area contributed by atoms with Gasteiger partial charge in [0.1, 0.15) is 36.8 Å². The molecule has 3 aromatic rings. The maximum atomic E-state index is 11.6. The van der Waals surface area contributed by atoms with Crippen LogP contribution < -0.4 is 20.9 Å². The van der Waals surface area contributed by atoms with Gasteiger partial charge in [0.05, 0.1) is 14.2 Å². The molecule has 0 aliphatic carbocycles. The number of rotatable bonds is 10. The molecule has 0 bridgehead atoms. The Labute approximate surface area is 198 Å². The second kappa shape index (κ2) is 11.8. The van der Waals surface area contributed by atoms with Gasteiger partial charge in [0, 0.05) is 0 Å². The largest absolute Gasteiger partial charge is 0.489 e. The van der Waals surface area contributed by atoms with Crippen molar-refractivity contribution in [1.29, 1.82) is 0 Å². The quantitative estimate of drug-likeness (QED) is 0.439. The Morgan fingerprint density at radius 1 is 0.676 bits per heavy atom. The van der Waals surface area contributed by atoms with Crippen molar-refractivity contribution < 1.29 is 28.5 Å². The second-order valence-electron chi connectivity index (χ2n) is 7.54. The summed E-state index contributed by atoms with van der Waals surface area (Å²) in [5, 5.41) is 0. The molecule has 0 radical (unpaired) electrons. The minimum Gasteiger partial charge on any atom is -0.489 e. The lowest BCUT2D eigenvalue weighted by atomic mass is 10.1. The molecule has 0 aliphatic heterocycles. The van der Waals surface area contributed by atoms with Crippen LogP contribution >= 0.6 is 0 Å². The molecule has 8 heteroatoms. The fourth-order valence-corrected chi connectivity index (χ4v) is 3.21. The summed E-state index contributed by atoms with van der Waals surface area (Å²) in [7, 11) is 2.61. The van der Waals surface area contributed by atoms with Crippen LogP contribution in [-0.4, -0.2) is 26.2 Å². The van der Waals surface area contributed by atoms with Gasteiger partial charge >= 0.3 is 11.9 Å². The molecule has 4 N–H and O–H groups in total. The third kappa shape index (κ3) is 6.57. The average molecular weight is 465 g/mol. The van der Waals surface area contributed by atoms with E-state index in [-0.39, 0.29) is 0 Å². The van der Waals surface area contributed by atoms with Gasteiger partial charge in [-0.05, 0) is 52.6 Å². The molecule has 2 unspecified atom stereocenters. The van der Waals surface area contributed by atoms with Crippen LogP contribution in [0.5, 0.6) is 11.5 Å². The molecule has 0 spiro atoms. The van der Waals surface area contributed by atoms with Gasteiger partial charge in [-0.15, -0.1) is 0 Å². The molecule has 3 aromatic carbocycles. The minimum absolute atomic E-state index is 0.371. The molecule has 0 amide bonds. The Morgan fingerprint density at radius 2 is 1.06 bits per heavy atom. The van der Waals surface area contributed by atoms with Crippen LogP contribution in [0.3, 0.4) is 0 Å². The number of methoxy groups -OCH3 is 2. The van der Waals surface area contributed by atoms with E-state index in [1.807, 2.05) is 24.3 Å². The smallest absolute Gasteiger partial charge is 0.327 e.